The Morgan fingerprint density at radius 2 is 2.00 bits per heavy atom. The normalized spacial score (nSPS) is 17.5. The lowest BCUT2D eigenvalue weighted by atomic mass is 10.1. The molecule has 1 aromatic rings. The van der Waals surface area contributed by atoms with Crippen LogP contribution in [-0.2, 0) is 11.3 Å². The molecule has 0 radical (unpaired) electrons. The van der Waals surface area contributed by atoms with Crippen molar-refractivity contribution in [1.29, 1.82) is 0 Å². The Balaban J connectivity index is 1.94. The predicted molar refractivity (Wildman–Crippen MR) is 103 cm³/mol. The third-order valence-corrected chi connectivity index (χ3v) is 4.34. The molecule has 0 saturated carbocycles. The third-order valence-electron chi connectivity index (χ3n) is 4.34. The summed E-state index contributed by atoms with van der Waals surface area (Å²) in [6.45, 7) is 8.61. The maximum atomic E-state index is 12.1. The molecular formula is C19H29N5O2. The van der Waals surface area contributed by atoms with Gasteiger partial charge in [-0.05, 0) is 31.0 Å². The van der Waals surface area contributed by atoms with Gasteiger partial charge in [0, 0.05) is 37.2 Å². The summed E-state index contributed by atoms with van der Waals surface area (Å²) in [6.07, 6.45) is 0.913. The highest BCUT2D eigenvalue weighted by molar-refractivity contribution is 5.92. The van der Waals surface area contributed by atoms with Gasteiger partial charge in [0.15, 0.2) is 5.96 Å². The number of nitrogens with zero attached hydrogens (tertiary/aromatic N) is 2. The second-order valence-corrected chi connectivity index (χ2v) is 6.83. The SMILES string of the molecule is CCNC(=NCc1ccc(C(N)=O)cc1)NC1CCN(C(=O)C(C)C)C1. The van der Waals surface area contributed by atoms with Crippen LogP contribution in [0.1, 0.15) is 43.1 Å². The summed E-state index contributed by atoms with van der Waals surface area (Å²) >= 11 is 0. The maximum Gasteiger partial charge on any atom is 0.248 e. The molecule has 1 unspecified atom stereocenters. The summed E-state index contributed by atoms with van der Waals surface area (Å²) in [6, 6.07) is 7.32. The van der Waals surface area contributed by atoms with E-state index in [2.05, 4.69) is 15.6 Å². The molecule has 0 aromatic heterocycles. The molecule has 1 aromatic carbocycles. The minimum absolute atomic E-state index is 0.0269. The highest BCUT2D eigenvalue weighted by Gasteiger charge is 2.27. The molecule has 0 spiro atoms. The number of guanidine groups is 1. The van der Waals surface area contributed by atoms with Crippen molar-refractivity contribution in [1.82, 2.24) is 15.5 Å². The van der Waals surface area contributed by atoms with E-state index >= 15 is 0 Å². The van der Waals surface area contributed by atoms with Crippen molar-refractivity contribution in [3.63, 3.8) is 0 Å². The van der Waals surface area contributed by atoms with E-state index < -0.39 is 5.91 Å². The van der Waals surface area contributed by atoms with Crippen LogP contribution in [0.15, 0.2) is 29.3 Å². The van der Waals surface area contributed by atoms with Crippen LogP contribution in [0.25, 0.3) is 0 Å². The van der Waals surface area contributed by atoms with E-state index in [4.69, 9.17) is 5.73 Å². The van der Waals surface area contributed by atoms with Crippen LogP contribution in [0.4, 0.5) is 0 Å². The maximum absolute atomic E-state index is 12.1. The fourth-order valence-corrected chi connectivity index (χ4v) is 2.90. The summed E-state index contributed by atoms with van der Waals surface area (Å²) < 4.78 is 0. The van der Waals surface area contributed by atoms with Crippen LogP contribution < -0.4 is 16.4 Å². The van der Waals surface area contributed by atoms with Crippen LogP contribution >= 0.6 is 0 Å². The minimum atomic E-state index is -0.434. The van der Waals surface area contributed by atoms with Gasteiger partial charge in [0.1, 0.15) is 0 Å². The number of rotatable bonds is 6. The molecule has 1 aliphatic rings. The van der Waals surface area contributed by atoms with Gasteiger partial charge >= 0.3 is 0 Å². The first-order valence-electron chi connectivity index (χ1n) is 9.13. The molecule has 7 nitrogen and oxygen atoms in total. The van der Waals surface area contributed by atoms with Gasteiger partial charge < -0.3 is 21.3 Å². The molecule has 142 valence electrons. The largest absolute Gasteiger partial charge is 0.366 e. The second kappa shape index (κ2) is 9.22. The lowest BCUT2D eigenvalue weighted by Crippen LogP contribution is -2.45. The molecule has 2 amide bonds. The number of primary amides is 1. The molecule has 1 atom stereocenters. The van der Waals surface area contributed by atoms with Crippen LogP contribution in [0.3, 0.4) is 0 Å². The Morgan fingerprint density at radius 1 is 1.31 bits per heavy atom. The average molecular weight is 359 g/mol. The number of amides is 2. The fourth-order valence-electron chi connectivity index (χ4n) is 2.90. The first-order chi connectivity index (χ1) is 12.4. The Morgan fingerprint density at radius 3 is 2.58 bits per heavy atom. The smallest absolute Gasteiger partial charge is 0.248 e. The van der Waals surface area contributed by atoms with E-state index in [1.54, 1.807) is 12.1 Å². The van der Waals surface area contributed by atoms with Crippen LogP contribution in [0.2, 0.25) is 0 Å². The molecule has 4 N–H and O–H groups in total. The van der Waals surface area contributed by atoms with Crippen molar-refractivity contribution in [2.24, 2.45) is 16.6 Å². The van der Waals surface area contributed by atoms with Gasteiger partial charge in [0.2, 0.25) is 11.8 Å². The lowest BCUT2D eigenvalue weighted by molar-refractivity contribution is -0.133. The number of benzene rings is 1. The quantitative estimate of drug-likeness (QED) is 0.523. The highest BCUT2D eigenvalue weighted by atomic mass is 16.2. The lowest BCUT2D eigenvalue weighted by Gasteiger charge is -2.20. The van der Waals surface area contributed by atoms with Crippen molar-refractivity contribution in [2.45, 2.75) is 39.8 Å². The Hall–Kier alpha value is -2.57. The number of hydrogen-bond donors (Lipinski definition) is 3. The molecule has 1 saturated heterocycles. The Labute approximate surface area is 155 Å². The number of likely N-dealkylation sites (tertiary alicyclic amines) is 1. The van der Waals surface area contributed by atoms with Gasteiger partial charge in [-0.3, -0.25) is 9.59 Å². The fraction of sp³-hybridized carbons (Fsp3) is 0.526. The zero-order valence-electron chi connectivity index (χ0n) is 15.8. The topological polar surface area (TPSA) is 99.8 Å². The minimum Gasteiger partial charge on any atom is -0.366 e. The van der Waals surface area contributed by atoms with Crippen molar-refractivity contribution in [2.75, 3.05) is 19.6 Å². The van der Waals surface area contributed by atoms with Gasteiger partial charge in [-0.1, -0.05) is 26.0 Å². The molecule has 2 rings (SSSR count). The van der Waals surface area contributed by atoms with Crippen LogP contribution in [-0.4, -0.2) is 48.3 Å². The van der Waals surface area contributed by atoms with E-state index in [9.17, 15) is 9.59 Å². The second-order valence-electron chi connectivity index (χ2n) is 6.83. The Bertz CT molecular complexity index is 654. The molecule has 26 heavy (non-hydrogen) atoms. The summed E-state index contributed by atoms with van der Waals surface area (Å²) in [5.41, 5.74) is 6.74. The molecular weight excluding hydrogens is 330 g/mol. The van der Waals surface area contributed by atoms with Gasteiger partial charge in [0.05, 0.1) is 6.54 Å². The monoisotopic (exact) mass is 359 g/mol. The molecule has 0 aliphatic carbocycles. The summed E-state index contributed by atoms with van der Waals surface area (Å²) in [5, 5.41) is 6.65. The van der Waals surface area contributed by atoms with E-state index in [1.165, 1.54) is 0 Å². The average Bonchev–Trinajstić information content (AvgIpc) is 3.07. The zero-order chi connectivity index (χ0) is 19.1. The third kappa shape index (κ3) is 5.47. The molecule has 1 fully saturated rings. The van der Waals surface area contributed by atoms with Crippen molar-refractivity contribution < 1.29 is 9.59 Å². The van der Waals surface area contributed by atoms with Crippen molar-refractivity contribution in [3.8, 4) is 0 Å². The number of carbonyl (C=O) groups is 2. The predicted octanol–water partition coefficient (Wildman–Crippen LogP) is 1.10. The standard InChI is InChI=1S/C19H29N5O2/c1-4-21-19(22-11-14-5-7-15(8-6-14)17(20)25)23-16-9-10-24(12-16)18(26)13(2)3/h5-8,13,16H,4,9-12H2,1-3H3,(H2,20,25)(H2,21,22,23). The van der Waals surface area contributed by atoms with Gasteiger partial charge in [-0.15, -0.1) is 0 Å². The Kier molecular flexibility index (Phi) is 7.00. The summed E-state index contributed by atoms with van der Waals surface area (Å²) in [7, 11) is 0. The number of nitrogens with two attached hydrogens (primary N) is 1. The van der Waals surface area contributed by atoms with E-state index in [-0.39, 0.29) is 17.9 Å². The molecule has 1 aliphatic heterocycles. The van der Waals surface area contributed by atoms with E-state index in [0.717, 1.165) is 31.0 Å². The van der Waals surface area contributed by atoms with Crippen molar-refractivity contribution >= 4 is 17.8 Å². The van der Waals surface area contributed by atoms with Crippen LogP contribution in [0.5, 0.6) is 0 Å². The van der Waals surface area contributed by atoms with Gasteiger partial charge in [-0.2, -0.15) is 0 Å². The van der Waals surface area contributed by atoms with Gasteiger partial charge in [0.25, 0.3) is 0 Å². The molecule has 7 heteroatoms. The van der Waals surface area contributed by atoms with Crippen molar-refractivity contribution in [3.05, 3.63) is 35.4 Å². The van der Waals surface area contributed by atoms with Crippen LogP contribution in [0, 0.1) is 5.92 Å². The first-order valence-corrected chi connectivity index (χ1v) is 9.13. The number of aliphatic imine (C=N–C) groups is 1. The van der Waals surface area contributed by atoms with E-state index in [1.807, 2.05) is 37.8 Å². The van der Waals surface area contributed by atoms with E-state index in [0.29, 0.717) is 18.7 Å². The first kappa shape index (κ1) is 19.8. The summed E-state index contributed by atoms with van der Waals surface area (Å²) in [5.74, 6) is 0.525. The zero-order valence-corrected chi connectivity index (χ0v) is 15.8. The molecule has 0 bridgehead atoms. The van der Waals surface area contributed by atoms with Gasteiger partial charge in [-0.25, -0.2) is 4.99 Å². The molecule has 1 heterocycles. The number of carbonyl (C=O) groups excluding carboxylic acids is 2. The highest BCUT2D eigenvalue weighted by Crippen LogP contribution is 2.13. The summed E-state index contributed by atoms with van der Waals surface area (Å²) in [4.78, 5) is 29.7. The number of hydrogen-bond acceptors (Lipinski definition) is 3. The number of nitrogens with one attached hydrogen (secondary N) is 2.